The highest BCUT2D eigenvalue weighted by molar-refractivity contribution is 7.92. The van der Waals surface area contributed by atoms with Crippen molar-refractivity contribution >= 4 is 27.5 Å². The lowest BCUT2D eigenvalue weighted by Gasteiger charge is -2.35. The Kier molecular flexibility index (Phi) is 10.9. The van der Waals surface area contributed by atoms with Gasteiger partial charge in [0.25, 0.3) is 10.0 Å². The lowest BCUT2D eigenvalue weighted by molar-refractivity contribution is -0.140. The third kappa shape index (κ3) is 8.54. The zero-order valence-corrected chi connectivity index (χ0v) is 28.2. The summed E-state index contributed by atoms with van der Waals surface area (Å²) in [7, 11) is -2.61. The van der Waals surface area contributed by atoms with Gasteiger partial charge in [-0.3, -0.25) is 13.9 Å². The number of ether oxygens (including phenoxy) is 1. The molecule has 0 aromatic heterocycles. The normalized spacial score (nSPS) is 12.2. The van der Waals surface area contributed by atoms with Crippen LogP contribution >= 0.6 is 0 Å². The summed E-state index contributed by atoms with van der Waals surface area (Å²) in [5.74, 6) is -0.252. The molecule has 0 fully saturated rings. The lowest BCUT2D eigenvalue weighted by Crippen LogP contribution is -2.56. The van der Waals surface area contributed by atoms with Crippen LogP contribution in [0.1, 0.15) is 43.0 Å². The molecule has 0 heterocycles. The number of hydrogen-bond donors (Lipinski definition) is 1. The van der Waals surface area contributed by atoms with Crippen LogP contribution in [0.3, 0.4) is 0 Å². The Hall–Kier alpha value is -4.63. The van der Waals surface area contributed by atoms with Crippen LogP contribution in [0.2, 0.25) is 0 Å². The molecule has 4 aromatic rings. The lowest BCUT2D eigenvalue weighted by atomic mass is 10.0. The summed E-state index contributed by atoms with van der Waals surface area (Å²) in [5.41, 5.74) is 3.05. The van der Waals surface area contributed by atoms with Gasteiger partial charge in [-0.1, -0.05) is 72.8 Å². The van der Waals surface area contributed by atoms with Gasteiger partial charge in [-0.15, -0.1) is 0 Å². The summed E-state index contributed by atoms with van der Waals surface area (Å²) in [6.07, 6.45) is 0.230. The van der Waals surface area contributed by atoms with Gasteiger partial charge in [0.1, 0.15) is 18.3 Å². The SMILES string of the molecule is COc1cccc(CN(C(=O)CN(c2cccc(C)c2C)S(=O)(=O)c2ccccc2)[C@@H](Cc2ccccc2)C(=O)NC(C)(C)C)c1. The van der Waals surface area contributed by atoms with Gasteiger partial charge < -0.3 is 15.0 Å². The first kappa shape index (κ1) is 34.2. The van der Waals surface area contributed by atoms with Crippen LogP contribution in [0.5, 0.6) is 5.75 Å². The monoisotopic (exact) mass is 641 g/mol. The average Bonchev–Trinajstić information content (AvgIpc) is 3.03. The first-order valence-corrected chi connectivity index (χ1v) is 16.7. The van der Waals surface area contributed by atoms with Crippen LogP contribution in [0, 0.1) is 13.8 Å². The van der Waals surface area contributed by atoms with Crippen molar-refractivity contribution in [2.24, 2.45) is 0 Å². The second-order valence-electron chi connectivity index (χ2n) is 12.4. The molecule has 1 atom stereocenters. The molecule has 0 saturated carbocycles. The van der Waals surface area contributed by atoms with E-state index in [1.165, 1.54) is 17.0 Å². The Morgan fingerprint density at radius 3 is 2.07 bits per heavy atom. The number of rotatable bonds is 12. The van der Waals surface area contributed by atoms with Crippen molar-refractivity contribution in [1.82, 2.24) is 10.2 Å². The minimum atomic E-state index is -4.17. The summed E-state index contributed by atoms with van der Waals surface area (Å²) >= 11 is 0. The smallest absolute Gasteiger partial charge is 0.264 e. The molecular weight excluding hydrogens is 598 g/mol. The number of nitrogens with one attached hydrogen (secondary N) is 1. The number of carbonyl (C=O) groups is 2. The van der Waals surface area contributed by atoms with Gasteiger partial charge >= 0.3 is 0 Å². The number of carbonyl (C=O) groups excluding carboxylic acids is 2. The Balaban J connectivity index is 1.85. The summed E-state index contributed by atoms with van der Waals surface area (Å²) < 4.78 is 35.1. The molecule has 2 amide bonds. The number of aryl methyl sites for hydroxylation is 1. The van der Waals surface area contributed by atoms with Crippen LogP contribution in [0.25, 0.3) is 0 Å². The van der Waals surface area contributed by atoms with Crippen molar-refractivity contribution in [2.75, 3.05) is 18.0 Å². The highest BCUT2D eigenvalue weighted by Crippen LogP contribution is 2.29. The van der Waals surface area contributed by atoms with Crippen molar-refractivity contribution in [2.45, 2.75) is 64.1 Å². The number of nitrogens with zero attached hydrogens (tertiary/aromatic N) is 2. The molecule has 4 rings (SSSR count). The first-order valence-electron chi connectivity index (χ1n) is 15.2. The molecule has 0 aliphatic carbocycles. The molecule has 0 spiro atoms. The fourth-order valence-electron chi connectivity index (χ4n) is 5.21. The zero-order chi connectivity index (χ0) is 33.5. The largest absolute Gasteiger partial charge is 0.497 e. The number of hydrogen-bond acceptors (Lipinski definition) is 5. The molecule has 0 aliphatic rings. The van der Waals surface area contributed by atoms with E-state index < -0.39 is 34.1 Å². The second kappa shape index (κ2) is 14.6. The predicted molar refractivity (Wildman–Crippen MR) is 182 cm³/mol. The third-order valence-corrected chi connectivity index (χ3v) is 9.49. The Bertz CT molecular complexity index is 1750. The Morgan fingerprint density at radius 1 is 0.826 bits per heavy atom. The molecular formula is C37H43N3O5S. The standard InChI is InChI=1S/C37H43N3O5S/c1-27-15-13-22-33(28(27)2)40(46(43,44)32-20-11-8-12-21-32)26-35(41)39(25-30-18-14-19-31(23-30)45-6)34(36(42)38-37(3,4)5)24-29-16-9-7-10-17-29/h7-23,34H,24-26H2,1-6H3,(H,38,42)/t34-/m0/s1. The first-order chi connectivity index (χ1) is 21.8. The number of anilines is 1. The van der Waals surface area contributed by atoms with E-state index in [4.69, 9.17) is 4.74 Å². The summed E-state index contributed by atoms with van der Waals surface area (Å²) in [6.45, 7) is 8.92. The van der Waals surface area contributed by atoms with Crippen LogP contribution in [-0.4, -0.2) is 50.4 Å². The maximum atomic E-state index is 14.7. The molecule has 8 nitrogen and oxygen atoms in total. The van der Waals surface area contributed by atoms with E-state index in [1.54, 1.807) is 43.5 Å². The van der Waals surface area contributed by atoms with E-state index in [2.05, 4.69) is 5.32 Å². The van der Waals surface area contributed by atoms with Gasteiger partial charge in [0.15, 0.2) is 0 Å². The van der Waals surface area contributed by atoms with Crippen LogP contribution in [0.4, 0.5) is 5.69 Å². The second-order valence-corrected chi connectivity index (χ2v) is 14.2. The van der Waals surface area contributed by atoms with Gasteiger partial charge in [-0.05, 0) is 87.2 Å². The number of methoxy groups -OCH3 is 1. The maximum absolute atomic E-state index is 14.7. The number of sulfonamides is 1. The van der Waals surface area contributed by atoms with E-state index >= 15 is 0 Å². The molecule has 0 bridgehead atoms. The highest BCUT2D eigenvalue weighted by Gasteiger charge is 2.36. The van der Waals surface area contributed by atoms with Crippen molar-refractivity contribution in [3.8, 4) is 5.75 Å². The fourth-order valence-corrected chi connectivity index (χ4v) is 6.71. The van der Waals surface area contributed by atoms with Crippen molar-refractivity contribution in [3.05, 3.63) is 125 Å². The van der Waals surface area contributed by atoms with Gasteiger partial charge in [0, 0.05) is 18.5 Å². The summed E-state index contributed by atoms with van der Waals surface area (Å²) in [4.78, 5) is 30.3. The van der Waals surface area contributed by atoms with E-state index in [1.807, 2.05) is 89.2 Å². The quantitative estimate of drug-likeness (QED) is 0.203. The molecule has 46 heavy (non-hydrogen) atoms. The number of amides is 2. The van der Waals surface area contributed by atoms with Crippen molar-refractivity contribution < 1.29 is 22.7 Å². The Labute approximate surface area is 273 Å². The van der Waals surface area contributed by atoms with Gasteiger partial charge in [-0.25, -0.2) is 8.42 Å². The molecule has 0 saturated heterocycles. The molecule has 242 valence electrons. The van der Waals surface area contributed by atoms with Crippen LogP contribution in [0.15, 0.2) is 108 Å². The predicted octanol–water partition coefficient (Wildman–Crippen LogP) is 6.06. The topological polar surface area (TPSA) is 96.0 Å². The maximum Gasteiger partial charge on any atom is 0.264 e. The van der Waals surface area contributed by atoms with Gasteiger partial charge in [-0.2, -0.15) is 0 Å². The van der Waals surface area contributed by atoms with E-state index in [9.17, 15) is 18.0 Å². The average molecular weight is 642 g/mol. The molecule has 1 N–H and O–H groups in total. The third-order valence-electron chi connectivity index (χ3n) is 7.71. The fraction of sp³-hybridized carbons (Fsp3) is 0.297. The van der Waals surface area contributed by atoms with Crippen molar-refractivity contribution in [1.29, 1.82) is 0 Å². The van der Waals surface area contributed by atoms with Crippen molar-refractivity contribution in [3.63, 3.8) is 0 Å². The van der Waals surface area contributed by atoms with E-state index in [0.717, 1.165) is 26.6 Å². The zero-order valence-electron chi connectivity index (χ0n) is 27.4. The van der Waals surface area contributed by atoms with E-state index in [0.29, 0.717) is 11.4 Å². The number of benzene rings is 4. The Morgan fingerprint density at radius 2 is 1.43 bits per heavy atom. The minimum absolute atomic E-state index is 0.0527. The summed E-state index contributed by atoms with van der Waals surface area (Å²) in [5, 5.41) is 3.05. The molecule has 0 aliphatic heterocycles. The van der Waals surface area contributed by atoms with Crippen LogP contribution in [-0.2, 0) is 32.6 Å². The molecule has 0 radical (unpaired) electrons. The van der Waals surface area contributed by atoms with Gasteiger partial charge in [0.2, 0.25) is 11.8 Å². The minimum Gasteiger partial charge on any atom is -0.497 e. The molecule has 0 unspecified atom stereocenters. The molecule has 9 heteroatoms. The summed E-state index contributed by atoms with van der Waals surface area (Å²) in [6, 6.07) is 29.3. The highest BCUT2D eigenvalue weighted by atomic mass is 32.2. The van der Waals surface area contributed by atoms with Crippen LogP contribution < -0.4 is 14.4 Å². The molecule has 4 aromatic carbocycles. The van der Waals surface area contributed by atoms with Gasteiger partial charge in [0.05, 0.1) is 17.7 Å². The van der Waals surface area contributed by atoms with E-state index in [-0.39, 0.29) is 23.8 Å².